The molecule has 2 nitrogen and oxygen atoms in total. The molecule has 2 atom stereocenters. The maximum absolute atomic E-state index is 12.3. The summed E-state index contributed by atoms with van der Waals surface area (Å²) in [7, 11) is 0. The molecule has 4 rings (SSSR count). The average Bonchev–Trinajstić information content (AvgIpc) is 2.12. The third kappa shape index (κ3) is 1.69. The lowest BCUT2D eigenvalue weighted by atomic mass is 9.58. The van der Waals surface area contributed by atoms with Crippen LogP contribution in [0.2, 0.25) is 0 Å². The molecule has 1 N–H and O–H groups in total. The maximum atomic E-state index is 12.3. The van der Waals surface area contributed by atoms with Gasteiger partial charge in [-0.05, 0) is 43.9 Å². The summed E-state index contributed by atoms with van der Waals surface area (Å²) >= 11 is 17.3. The van der Waals surface area contributed by atoms with Crippen molar-refractivity contribution in [3.63, 3.8) is 0 Å². The normalized spacial score (nSPS) is 46.1. The molecular formula is C11H14Cl3NO. The van der Waals surface area contributed by atoms with Crippen LogP contribution in [0.1, 0.15) is 32.1 Å². The molecule has 0 aromatic carbocycles. The molecule has 2 unspecified atom stereocenters. The van der Waals surface area contributed by atoms with E-state index in [0.717, 1.165) is 12.8 Å². The predicted molar refractivity (Wildman–Crippen MR) is 65.0 cm³/mol. The lowest BCUT2D eigenvalue weighted by molar-refractivity contribution is -0.133. The molecule has 2 aliphatic heterocycles. The molecule has 0 aromatic rings. The topological polar surface area (TPSA) is 29.1 Å². The van der Waals surface area contributed by atoms with Gasteiger partial charge in [-0.3, -0.25) is 4.79 Å². The zero-order valence-corrected chi connectivity index (χ0v) is 11.1. The first-order valence-corrected chi connectivity index (χ1v) is 6.92. The van der Waals surface area contributed by atoms with Gasteiger partial charge < -0.3 is 5.32 Å². The second kappa shape index (κ2) is 3.50. The first kappa shape index (κ1) is 11.6. The molecule has 4 bridgehead atoms. The summed E-state index contributed by atoms with van der Waals surface area (Å²) < 4.78 is -1.78. The Kier molecular flexibility index (Phi) is 2.54. The molecule has 4 aliphatic rings. The largest absolute Gasteiger partial charge is 0.302 e. The van der Waals surface area contributed by atoms with E-state index in [1.165, 1.54) is 19.3 Å². The van der Waals surface area contributed by atoms with Crippen LogP contribution >= 0.6 is 34.8 Å². The molecule has 90 valence electrons. The summed E-state index contributed by atoms with van der Waals surface area (Å²) in [6, 6.07) is 0.461. The smallest absolute Gasteiger partial charge is 0.250 e. The Morgan fingerprint density at radius 1 is 1.12 bits per heavy atom. The Morgan fingerprint density at radius 2 is 1.69 bits per heavy atom. The number of nitrogens with one attached hydrogen (secondary N) is 1. The van der Waals surface area contributed by atoms with Gasteiger partial charge in [-0.15, -0.1) is 0 Å². The van der Waals surface area contributed by atoms with Crippen molar-refractivity contribution in [1.29, 1.82) is 0 Å². The van der Waals surface area contributed by atoms with Crippen molar-refractivity contribution in [2.75, 3.05) is 0 Å². The average molecular weight is 283 g/mol. The second-order valence-electron chi connectivity index (χ2n) is 5.60. The van der Waals surface area contributed by atoms with Gasteiger partial charge >= 0.3 is 0 Å². The van der Waals surface area contributed by atoms with Crippen molar-refractivity contribution in [3.8, 4) is 0 Å². The SMILES string of the molecule is O=C(C(Cl)(Cl)Cl)C12CC3CC(CC(C3)N1)C2. The Labute approximate surface area is 110 Å². The number of hydrogen-bond donors (Lipinski definition) is 1. The number of alkyl halides is 3. The molecule has 2 saturated carbocycles. The molecule has 2 heterocycles. The zero-order chi connectivity index (χ0) is 11.6. The van der Waals surface area contributed by atoms with E-state index in [1.54, 1.807) is 0 Å². The lowest BCUT2D eigenvalue weighted by Crippen LogP contribution is -2.69. The minimum atomic E-state index is -1.78. The number of hydrogen-bond acceptors (Lipinski definition) is 2. The monoisotopic (exact) mass is 281 g/mol. The van der Waals surface area contributed by atoms with Crippen LogP contribution in [0.15, 0.2) is 0 Å². The molecule has 0 amide bonds. The number of rotatable bonds is 1. The van der Waals surface area contributed by atoms with Gasteiger partial charge in [0.25, 0.3) is 3.79 Å². The van der Waals surface area contributed by atoms with E-state index in [0.29, 0.717) is 17.9 Å². The third-order valence-corrected chi connectivity index (χ3v) is 4.86. The number of halogens is 3. The standard InChI is InChI=1S/C11H14Cl3NO/c12-11(13,14)9(16)10-4-6-1-7(5-10)3-8(2-6)15-10/h6-8,15H,1-5H2. The van der Waals surface area contributed by atoms with Crippen molar-refractivity contribution in [2.24, 2.45) is 11.8 Å². The fraction of sp³-hybridized carbons (Fsp3) is 0.909. The fourth-order valence-electron chi connectivity index (χ4n) is 4.12. The van der Waals surface area contributed by atoms with Crippen molar-refractivity contribution in [2.45, 2.75) is 47.5 Å². The third-order valence-electron chi connectivity index (χ3n) is 4.35. The summed E-state index contributed by atoms with van der Waals surface area (Å²) in [5.74, 6) is 1.05. The van der Waals surface area contributed by atoms with E-state index in [1.807, 2.05) is 0 Å². The maximum Gasteiger partial charge on any atom is 0.250 e. The van der Waals surface area contributed by atoms with Gasteiger partial charge in [0.1, 0.15) is 0 Å². The number of Topliss-reactive ketones (excluding diaryl/α,β-unsaturated/α-hetero) is 1. The minimum absolute atomic E-state index is 0.246. The molecule has 0 radical (unpaired) electrons. The van der Waals surface area contributed by atoms with Crippen molar-refractivity contribution in [1.82, 2.24) is 5.32 Å². The predicted octanol–water partition coefficient (Wildman–Crippen LogP) is 2.85. The van der Waals surface area contributed by atoms with Gasteiger partial charge in [0.15, 0.2) is 0 Å². The molecule has 5 heteroatoms. The van der Waals surface area contributed by atoms with E-state index >= 15 is 0 Å². The summed E-state index contributed by atoms with van der Waals surface area (Å²) in [5, 5.41) is 3.43. The summed E-state index contributed by atoms with van der Waals surface area (Å²) in [5.41, 5.74) is -0.542. The van der Waals surface area contributed by atoms with Crippen LogP contribution in [0.5, 0.6) is 0 Å². The Morgan fingerprint density at radius 3 is 2.12 bits per heavy atom. The van der Waals surface area contributed by atoms with Gasteiger partial charge in [-0.1, -0.05) is 34.8 Å². The number of ketones is 1. The van der Waals surface area contributed by atoms with Crippen molar-refractivity contribution < 1.29 is 4.79 Å². The molecular weight excluding hydrogens is 268 g/mol. The van der Waals surface area contributed by atoms with Gasteiger partial charge in [0, 0.05) is 6.04 Å². The summed E-state index contributed by atoms with van der Waals surface area (Å²) in [4.78, 5) is 12.3. The highest BCUT2D eigenvalue weighted by atomic mass is 35.6. The summed E-state index contributed by atoms with van der Waals surface area (Å²) in [6.45, 7) is 0. The Hall–Kier alpha value is 0.500. The second-order valence-corrected chi connectivity index (χ2v) is 7.88. The van der Waals surface area contributed by atoms with E-state index in [4.69, 9.17) is 34.8 Å². The van der Waals surface area contributed by atoms with E-state index in [2.05, 4.69) is 5.32 Å². The van der Waals surface area contributed by atoms with Crippen LogP contribution in [-0.4, -0.2) is 21.2 Å². The van der Waals surface area contributed by atoms with Crippen LogP contribution in [0.3, 0.4) is 0 Å². The fourth-order valence-corrected chi connectivity index (χ4v) is 4.66. The van der Waals surface area contributed by atoms with E-state index in [9.17, 15) is 4.79 Å². The number of carbonyl (C=O) groups is 1. The van der Waals surface area contributed by atoms with Crippen LogP contribution in [0.4, 0.5) is 0 Å². The highest BCUT2D eigenvalue weighted by Crippen LogP contribution is 2.52. The van der Waals surface area contributed by atoms with Gasteiger partial charge in [0.05, 0.1) is 5.54 Å². The van der Waals surface area contributed by atoms with Gasteiger partial charge in [0.2, 0.25) is 5.78 Å². The molecule has 0 aromatic heterocycles. The quantitative estimate of drug-likeness (QED) is 0.749. The number of piperidine rings is 2. The highest BCUT2D eigenvalue weighted by Gasteiger charge is 2.58. The molecule has 2 aliphatic carbocycles. The minimum Gasteiger partial charge on any atom is -0.302 e. The Balaban J connectivity index is 1.91. The summed E-state index contributed by atoms with van der Waals surface area (Å²) in [6.07, 6.45) is 5.34. The first-order chi connectivity index (χ1) is 7.39. The van der Waals surface area contributed by atoms with Crippen molar-refractivity contribution in [3.05, 3.63) is 0 Å². The molecule has 0 spiro atoms. The molecule has 16 heavy (non-hydrogen) atoms. The highest BCUT2D eigenvalue weighted by molar-refractivity contribution is 6.76. The van der Waals surface area contributed by atoms with Crippen LogP contribution in [-0.2, 0) is 4.79 Å². The van der Waals surface area contributed by atoms with E-state index < -0.39 is 9.33 Å². The van der Waals surface area contributed by atoms with Crippen LogP contribution in [0, 0.1) is 11.8 Å². The zero-order valence-electron chi connectivity index (χ0n) is 8.81. The van der Waals surface area contributed by atoms with Gasteiger partial charge in [-0.2, -0.15) is 0 Å². The molecule has 4 fully saturated rings. The van der Waals surface area contributed by atoms with Crippen LogP contribution < -0.4 is 5.32 Å². The lowest BCUT2D eigenvalue weighted by Gasteiger charge is -2.57. The molecule has 2 saturated heterocycles. The van der Waals surface area contributed by atoms with Crippen LogP contribution in [0.25, 0.3) is 0 Å². The van der Waals surface area contributed by atoms with E-state index in [-0.39, 0.29) is 5.78 Å². The van der Waals surface area contributed by atoms with Crippen molar-refractivity contribution >= 4 is 40.6 Å². The number of carbonyl (C=O) groups excluding carboxylic acids is 1. The van der Waals surface area contributed by atoms with Gasteiger partial charge in [-0.25, -0.2) is 0 Å². The first-order valence-electron chi connectivity index (χ1n) is 5.78. The Bertz CT molecular complexity index is 301.